The Labute approximate surface area is 128 Å². The van der Waals surface area contributed by atoms with Crippen molar-refractivity contribution in [2.24, 2.45) is 0 Å². The first-order valence-electron chi connectivity index (χ1n) is 7.89. The molecule has 1 aromatic carbocycles. The Balaban J connectivity index is 2.39. The van der Waals surface area contributed by atoms with Gasteiger partial charge in [-0.15, -0.1) is 0 Å². The maximum Gasteiger partial charge on any atom is 0.251 e. The Morgan fingerprint density at radius 2 is 1.95 bits per heavy atom. The van der Waals surface area contributed by atoms with Crippen LogP contribution in [0.5, 0.6) is 0 Å². The van der Waals surface area contributed by atoms with Crippen LogP contribution in [0.1, 0.15) is 49.0 Å². The molecule has 0 spiro atoms. The highest BCUT2D eigenvalue weighted by atomic mass is 16.5. The first kappa shape index (κ1) is 17.5. The van der Waals surface area contributed by atoms with E-state index in [4.69, 9.17) is 4.74 Å². The van der Waals surface area contributed by atoms with Crippen LogP contribution in [-0.4, -0.2) is 32.2 Å². The zero-order valence-electron chi connectivity index (χ0n) is 13.5. The number of benzene rings is 1. The second kappa shape index (κ2) is 10.2. The van der Waals surface area contributed by atoms with Crippen molar-refractivity contribution < 1.29 is 9.53 Å². The molecule has 0 heterocycles. The van der Waals surface area contributed by atoms with Gasteiger partial charge in [0.05, 0.1) is 6.61 Å². The molecule has 0 atom stereocenters. The van der Waals surface area contributed by atoms with Gasteiger partial charge in [0.25, 0.3) is 5.91 Å². The van der Waals surface area contributed by atoms with Crippen molar-refractivity contribution in [1.82, 2.24) is 5.32 Å². The van der Waals surface area contributed by atoms with E-state index in [2.05, 4.69) is 24.5 Å². The molecule has 0 saturated heterocycles. The molecular weight excluding hydrogens is 264 g/mol. The summed E-state index contributed by atoms with van der Waals surface area (Å²) in [7, 11) is 0. The van der Waals surface area contributed by atoms with Crippen molar-refractivity contribution in [3.63, 3.8) is 0 Å². The fourth-order valence-corrected chi connectivity index (χ4v) is 1.98. The van der Waals surface area contributed by atoms with Gasteiger partial charge in [0.2, 0.25) is 0 Å². The number of amides is 1. The minimum absolute atomic E-state index is 0.0337. The lowest BCUT2D eigenvalue weighted by molar-refractivity contribution is 0.0912. The van der Waals surface area contributed by atoms with Gasteiger partial charge in [-0.3, -0.25) is 4.79 Å². The molecule has 0 aromatic heterocycles. The number of hydrogen-bond donors (Lipinski definition) is 2. The molecule has 0 unspecified atom stereocenters. The fraction of sp³-hybridized carbons (Fsp3) is 0.588. The van der Waals surface area contributed by atoms with Crippen molar-refractivity contribution in [1.29, 1.82) is 0 Å². The molecule has 1 amide bonds. The fourth-order valence-electron chi connectivity index (χ4n) is 1.98. The maximum absolute atomic E-state index is 12.1. The van der Waals surface area contributed by atoms with Crippen LogP contribution in [0.25, 0.3) is 0 Å². The predicted octanol–water partition coefficient (Wildman–Crippen LogP) is 3.36. The molecule has 0 aliphatic rings. The van der Waals surface area contributed by atoms with Gasteiger partial charge >= 0.3 is 0 Å². The van der Waals surface area contributed by atoms with Gasteiger partial charge in [-0.2, -0.15) is 0 Å². The van der Waals surface area contributed by atoms with Crippen molar-refractivity contribution in [3.8, 4) is 0 Å². The third-order valence-corrected chi connectivity index (χ3v) is 3.22. The average Bonchev–Trinajstić information content (AvgIpc) is 2.48. The third kappa shape index (κ3) is 6.63. The number of carbonyl (C=O) groups is 1. The molecule has 0 aliphatic heterocycles. The molecule has 0 radical (unpaired) electrons. The number of aryl methyl sites for hydroxylation is 1. The molecule has 0 fully saturated rings. The van der Waals surface area contributed by atoms with E-state index < -0.39 is 0 Å². The Morgan fingerprint density at radius 3 is 2.62 bits per heavy atom. The summed E-state index contributed by atoms with van der Waals surface area (Å²) in [6.45, 7) is 9.06. The number of ether oxygens (including phenoxy) is 1. The second-order valence-electron chi connectivity index (χ2n) is 5.18. The lowest BCUT2D eigenvalue weighted by atomic mass is 10.1. The summed E-state index contributed by atoms with van der Waals surface area (Å²) in [6.07, 6.45) is 3.28. The summed E-state index contributed by atoms with van der Waals surface area (Å²) >= 11 is 0. The molecule has 1 rings (SSSR count). The minimum atomic E-state index is -0.0337. The normalized spacial score (nSPS) is 10.4. The molecule has 2 N–H and O–H groups in total. The van der Waals surface area contributed by atoms with Crippen LogP contribution in [0.4, 0.5) is 5.69 Å². The van der Waals surface area contributed by atoms with Crippen molar-refractivity contribution in [3.05, 3.63) is 29.3 Å². The zero-order valence-corrected chi connectivity index (χ0v) is 13.5. The van der Waals surface area contributed by atoms with Crippen LogP contribution in [0.3, 0.4) is 0 Å². The van der Waals surface area contributed by atoms with Gasteiger partial charge in [0.1, 0.15) is 0 Å². The standard InChI is InChI=1S/C17H28N2O2/c1-4-6-11-21-12-10-19-17(20)16-8-7-15(13-14(16)3)18-9-5-2/h7-8,13,18H,4-6,9-12H2,1-3H3,(H,19,20). The number of anilines is 1. The summed E-state index contributed by atoms with van der Waals surface area (Å²) in [5.74, 6) is -0.0337. The number of rotatable bonds is 10. The van der Waals surface area contributed by atoms with E-state index in [1.807, 2.05) is 25.1 Å². The monoisotopic (exact) mass is 292 g/mol. The Morgan fingerprint density at radius 1 is 1.14 bits per heavy atom. The maximum atomic E-state index is 12.1. The van der Waals surface area contributed by atoms with E-state index in [1.54, 1.807) is 0 Å². The van der Waals surface area contributed by atoms with Gasteiger partial charge in [-0.1, -0.05) is 20.3 Å². The minimum Gasteiger partial charge on any atom is -0.385 e. The highest BCUT2D eigenvalue weighted by Crippen LogP contribution is 2.15. The second-order valence-corrected chi connectivity index (χ2v) is 5.18. The molecular formula is C17H28N2O2. The Hall–Kier alpha value is -1.55. The van der Waals surface area contributed by atoms with Gasteiger partial charge in [-0.25, -0.2) is 0 Å². The quantitative estimate of drug-likeness (QED) is 0.650. The lowest BCUT2D eigenvalue weighted by Gasteiger charge is -2.11. The lowest BCUT2D eigenvalue weighted by Crippen LogP contribution is -2.28. The number of unbranched alkanes of at least 4 members (excludes halogenated alkanes) is 1. The van der Waals surface area contributed by atoms with Gasteiger partial charge in [-0.05, 0) is 43.5 Å². The number of nitrogens with one attached hydrogen (secondary N) is 2. The van der Waals surface area contributed by atoms with Gasteiger partial charge in [0, 0.05) is 30.9 Å². The summed E-state index contributed by atoms with van der Waals surface area (Å²) in [6, 6.07) is 5.85. The van der Waals surface area contributed by atoms with Crippen LogP contribution >= 0.6 is 0 Å². The van der Waals surface area contributed by atoms with E-state index in [9.17, 15) is 4.79 Å². The number of carbonyl (C=O) groups excluding carboxylic acids is 1. The van der Waals surface area contributed by atoms with E-state index in [-0.39, 0.29) is 5.91 Å². The van der Waals surface area contributed by atoms with Gasteiger partial charge < -0.3 is 15.4 Å². The molecule has 4 heteroatoms. The highest BCUT2D eigenvalue weighted by molar-refractivity contribution is 5.96. The van der Waals surface area contributed by atoms with Crippen LogP contribution in [0, 0.1) is 6.92 Å². The average molecular weight is 292 g/mol. The number of hydrogen-bond acceptors (Lipinski definition) is 3. The van der Waals surface area contributed by atoms with E-state index in [0.717, 1.165) is 49.2 Å². The topological polar surface area (TPSA) is 50.4 Å². The van der Waals surface area contributed by atoms with E-state index in [0.29, 0.717) is 13.2 Å². The molecule has 1 aromatic rings. The summed E-state index contributed by atoms with van der Waals surface area (Å²) < 4.78 is 5.43. The first-order chi connectivity index (χ1) is 10.2. The van der Waals surface area contributed by atoms with Gasteiger partial charge in [0.15, 0.2) is 0 Å². The Kier molecular flexibility index (Phi) is 8.51. The van der Waals surface area contributed by atoms with Crippen molar-refractivity contribution in [2.45, 2.75) is 40.0 Å². The molecule has 118 valence electrons. The summed E-state index contributed by atoms with van der Waals surface area (Å²) in [4.78, 5) is 12.1. The molecule has 21 heavy (non-hydrogen) atoms. The molecule has 4 nitrogen and oxygen atoms in total. The smallest absolute Gasteiger partial charge is 0.251 e. The highest BCUT2D eigenvalue weighted by Gasteiger charge is 2.08. The van der Waals surface area contributed by atoms with E-state index in [1.165, 1.54) is 0 Å². The van der Waals surface area contributed by atoms with Crippen molar-refractivity contribution >= 4 is 11.6 Å². The zero-order chi connectivity index (χ0) is 15.5. The van der Waals surface area contributed by atoms with E-state index >= 15 is 0 Å². The largest absolute Gasteiger partial charge is 0.385 e. The third-order valence-electron chi connectivity index (χ3n) is 3.22. The molecule has 0 aliphatic carbocycles. The predicted molar refractivity (Wildman–Crippen MR) is 88.0 cm³/mol. The first-order valence-corrected chi connectivity index (χ1v) is 7.89. The van der Waals surface area contributed by atoms with Crippen LogP contribution < -0.4 is 10.6 Å². The van der Waals surface area contributed by atoms with Crippen LogP contribution in [0.15, 0.2) is 18.2 Å². The summed E-state index contributed by atoms with van der Waals surface area (Å²) in [5, 5.41) is 6.22. The molecule has 0 bridgehead atoms. The Bertz CT molecular complexity index is 433. The van der Waals surface area contributed by atoms with Crippen LogP contribution in [0.2, 0.25) is 0 Å². The molecule has 0 saturated carbocycles. The summed E-state index contributed by atoms with van der Waals surface area (Å²) in [5.41, 5.74) is 2.78. The van der Waals surface area contributed by atoms with Crippen molar-refractivity contribution in [2.75, 3.05) is 31.6 Å². The van der Waals surface area contributed by atoms with Crippen LogP contribution in [-0.2, 0) is 4.74 Å². The SMILES string of the molecule is CCCCOCCNC(=O)c1ccc(NCCC)cc1C.